The molecule has 4 heteroatoms. The van der Waals surface area contributed by atoms with Crippen LogP contribution < -0.4 is 5.32 Å². The summed E-state index contributed by atoms with van der Waals surface area (Å²) in [7, 11) is 1.36. The number of carbonyl (C=O) groups excluding carboxylic acids is 1. The molecule has 0 radical (unpaired) electrons. The third kappa shape index (κ3) is 3.62. The van der Waals surface area contributed by atoms with E-state index in [0.29, 0.717) is 10.6 Å². The fraction of sp³-hybridized carbons (Fsp3) is 0.0625. The molecule has 0 amide bonds. The van der Waals surface area contributed by atoms with E-state index < -0.39 is 5.97 Å². The maximum Gasteiger partial charge on any atom is 0.339 e. The van der Waals surface area contributed by atoms with Crippen molar-refractivity contribution < 1.29 is 9.53 Å². The molecular weight excluding hydrogens is 274 g/mol. The molecular formula is C16H14ClNO2. The Balaban J connectivity index is 2.28. The largest absolute Gasteiger partial charge is 0.465 e. The number of nitrogens with one attached hydrogen (secondary N) is 1. The van der Waals surface area contributed by atoms with E-state index in [9.17, 15) is 4.79 Å². The van der Waals surface area contributed by atoms with Crippen LogP contribution in [0.1, 0.15) is 5.56 Å². The highest BCUT2D eigenvalue weighted by Gasteiger charge is 2.11. The Labute approximate surface area is 122 Å². The molecule has 0 bridgehead atoms. The minimum atomic E-state index is -0.397. The molecule has 20 heavy (non-hydrogen) atoms. The van der Waals surface area contributed by atoms with Crippen molar-refractivity contribution in [2.75, 3.05) is 12.4 Å². The van der Waals surface area contributed by atoms with Gasteiger partial charge in [0.15, 0.2) is 0 Å². The van der Waals surface area contributed by atoms with Gasteiger partial charge in [-0.25, -0.2) is 4.79 Å². The summed E-state index contributed by atoms with van der Waals surface area (Å²) < 4.78 is 4.81. The second-order valence-electron chi connectivity index (χ2n) is 4.07. The highest BCUT2D eigenvalue weighted by atomic mass is 35.5. The van der Waals surface area contributed by atoms with E-state index in [1.54, 1.807) is 18.3 Å². The predicted octanol–water partition coefficient (Wildman–Crippen LogP) is 3.97. The molecule has 0 aromatic heterocycles. The number of methoxy groups -OCH3 is 1. The molecule has 0 heterocycles. The zero-order chi connectivity index (χ0) is 14.4. The van der Waals surface area contributed by atoms with Crippen molar-refractivity contribution >= 4 is 28.8 Å². The van der Waals surface area contributed by atoms with Gasteiger partial charge >= 0.3 is 5.97 Å². The number of carbonyl (C=O) groups is 1. The normalized spacial score (nSPS) is 11.0. The quantitative estimate of drug-likeness (QED) is 0.683. The molecule has 1 N–H and O–H groups in total. The van der Waals surface area contributed by atoms with Gasteiger partial charge in [0.05, 0.1) is 12.7 Å². The van der Waals surface area contributed by atoms with Crippen LogP contribution in [0.15, 0.2) is 60.8 Å². The van der Waals surface area contributed by atoms with Crippen LogP contribution in [0.2, 0.25) is 5.02 Å². The van der Waals surface area contributed by atoms with Gasteiger partial charge in [-0.05, 0) is 23.8 Å². The number of hydrogen-bond donors (Lipinski definition) is 1. The SMILES string of the molecule is COC(=O)C(=CNc1cccc(Cl)c1)c1ccccc1. The van der Waals surface area contributed by atoms with Crippen molar-refractivity contribution in [2.24, 2.45) is 0 Å². The van der Waals surface area contributed by atoms with E-state index in [0.717, 1.165) is 11.3 Å². The highest BCUT2D eigenvalue weighted by Crippen LogP contribution is 2.18. The number of esters is 1. The Morgan fingerprint density at radius 1 is 1.15 bits per heavy atom. The smallest absolute Gasteiger partial charge is 0.339 e. The van der Waals surface area contributed by atoms with E-state index in [4.69, 9.17) is 16.3 Å². The van der Waals surface area contributed by atoms with Crippen LogP contribution in [0.4, 0.5) is 5.69 Å². The first-order valence-corrected chi connectivity index (χ1v) is 6.44. The number of ether oxygens (including phenoxy) is 1. The minimum Gasteiger partial charge on any atom is -0.465 e. The predicted molar refractivity (Wildman–Crippen MR) is 81.5 cm³/mol. The second kappa shape index (κ2) is 6.78. The fourth-order valence-electron chi connectivity index (χ4n) is 1.72. The summed E-state index contributed by atoms with van der Waals surface area (Å²) in [6.07, 6.45) is 1.62. The van der Waals surface area contributed by atoms with Gasteiger partial charge in [-0.2, -0.15) is 0 Å². The molecule has 102 valence electrons. The van der Waals surface area contributed by atoms with Crippen molar-refractivity contribution in [1.82, 2.24) is 0 Å². The molecule has 0 aliphatic carbocycles. The van der Waals surface area contributed by atoms with Gasteiger partial charge in [-0.3, -0.25) is 0 Å². The molecule has 0 saturated heterocycles. The van der Waals surface area contributed by atoms with Crippen LogP contribution >= 0.6 is 11.6 Å². The van der Waals surface area contributed by atoms with E-state index in [-0.39, 0.29) is 0 Å². The third-order valence-electron chi connectivity index (χ3n) is 2.70. The first kappa shape index (κ1) is 14.2. The van der Waals surface area contributed by atoms with Gasteiger partial charge in [0.2, 0.25) is 0 Å². The molecule has 2 aromatic carbocycles. The monoisotopic (exact) mass is 287 g/mol. The maximum absolute atomic E-state index is 11.8. The van der Waals surface area contributed by atoms with E-state index >= 15 is 0 Å². The molecule has 0 atom stereocenters. The van der Waals surface area contributed by atoms with Gasteiger partial charge in [0.1, 0.15) is 0 Å². The van der Waals surface area contributed by atoms with Crippen LogP contribution in [-0.2, 0) is 9.53 Å². The van der Waals surface area contributed by atoms with Crippen molar-refractivity contribution in [2.45, 2.75) is 0 Å². The van der Waals surface area contributed by atoms with Crippen LogP contribution in [0.25, 0.3) is 5.57 Å². The zero-order valence-corrected chi connectivity index (χ0v) is 11.7. The first-order chi connectivity index (χ1) is 9.70. The van der Waals surface area contributed by atoms with Crippen LogP contribution in [-0.4, -0.2) is 13.1 Å². The molecule has 2 rings (SSSR count). The molecule has 0 aliphatic rings. The number of hydrogen-bond acceptors (Lipinski definition) is 3. The number of halogens is 1. The second-order valence-corrected chi connectivity index (χ2v) is 4.51. The minimum absolute atomic E-state index is 0.397. The molecule has 2 aromatic rings. The molecule has 0 spiro atoms. The van der Waals surface area contributed by atoms with Crippen LogP contribution in [0.3, 0.4) is 0 Å². The molecule has 0 unspecified atom stereocenters. The average Bonchev–Trinajstić information content (AvgIpc) is 2.48. The van der Waals surface area contributed by atoms with E-state index in [2.05, 4.69) is 5.32 Å². The summed E-state index contributed by atoms with van der Waals surface area (Å²) in [5.41, 5.74) is 2.04. The summed E-state index contributed by atoms with van der Waals surface area (Å²) in [5, 5.41) is 3.68. The third-order valence-corrected chi connectivity index (χ3v) is 2.93. The van der Waals surface area contributed by atoms with Crippen molar-refractivity contribution in [3.05, 3.63) is 71.4 Å². The summed E-state index contributed by atoms with van der Waals surface area (Å²) in [4.78, 5) is 11.8. The zero-order valence-electron chi connectivity index (χ0n) is 11.0. The molecule has 0 aliphatic heterocycles. The molecule has 0 saturated carbocycles. The number of rotatable bonds is 4. The van der Waals surface area contributed by atoms with Crippen LogP contribution in [0.5, 0.6) is 0 Å². The van der Waals surface area contributed by atoms with E-state index in [1.165, 1.54) is 7.11 Å². The lowest BCUT2D eigenvalue weighted by Gasteiger charge is -2.07. The van der Waals surface area contributed by atoms with Crippen molar-refractivity contribution in [3.63, 3.8) is 0 Å². The average molecular weight is 288 g/mol. The summed E-state index contributed by atoms with van der Waals surface area (Å²) in [6.45, 7) is 0. The topological polar surface area (TPSA) is 38.3 Å². The highest BCUT2D eigenvalue weighted by molar-refractivity contribution is 6.30. The summed E-state index contributed by atoms with van der Waals surface area (Å²) in [6, 6.07) is 16.6. The Bertz CT molecular complexity index is 623. The number of anilines is 1. The molecule has 0 fully saturated rings. The van der Waals surface area contributed by atoms with Crippen molar-refractivity contribution in [1.29, 1.82) is 0 Å². The lowest BCUT2D eigenvalue weighted by Crippen LogP contribution is -2.06. The van der Waals surface area contributed by atoms with Crippen LogP contribution in [0, 0.1) is 0 Å². The van der Waals surface area contributed by atoms with E-state index in [1.807, 2.05) is 42.5 Å². The standard InChI is InChI=1S/C16H14ClNO2/c1-20-16(19)15(12-6-3-2-4-7-12)11-18-14-9-5-8-13(17)10-14/h2-11,18H,1H3. The van der Waals surface area contributed by atoms with Gasteiger partial charge in [-0.1, -0.05) is 48.0 Å². The summed E-state index contributed by atoms with van der Waals surface area (Å²) >= 11 is 5.91. The number of benzene rings is 2. The Morgan fingerprint density at radius 3 is 2.55 bits per heavy atom. The first-order valence-electron chi connectivity index (χ1n) is 6.06. The molecule has 3 nitrogen and oxygen atoms in total. The maximum atomic E-state index is 11.8. The van der Waals surface area contributed by atoms with Crippen molar-refractivity contribution in [3.8, 4) is 0 Å². The van der Waals surface area contributed by atoms with Gasteiger partial charge in [0.25, 0.3) is 0 Å². The van der Waals surface area contributed by atoms with Gasteiger partial charge in [-0.15, -0.1) is 0 Å². The summed E-state index contributed by atoms with van der Waals surface area (Å²) in [5.74, 6) is -0.397. The Hall–Kier alpha value is -2.26. The Kier molecular flexibility index (Phi) is 4.80. The lowest BCUT2D eigenvalue weighted by molar-refractivity contribution is -0.133. The fourth-order valence-corrected chi connectivity index (χ4v) is 1.91. The lowest BCUT2D eigenvalue weighted by atomic mass is 10.1. The Morgan fingerprint density at radius 2 is 1.90 bits per heavy atom. The van der Waals surface area contributed by atoms with Gasteiger partial charge in [0, 0.05) is 16.9 Å². The van der Waals surface area contributed by atoms with Gasteiger partial charge < -0.3 is 10.1 Å².